The number of fused-ring (bicyclic) bond motifs is 3. The first-order valence-electron chi connectivity index (χ1n) is 9.94. The van der Waals surface area contributed by atoms with Crippen LogP contribution in [-0.2, 0) is 4.74 Å². The highest BCUT2D eigenvalue weighted by Gasteiger charge is 2.49. The summed E-state index contributed by atoms with van der Waals surface area (Å²) in [5.41, 5.74) is 0.940. The number of nitrogens with zero attached hydrogens (tertiary/aromatic N) is 2. The highest BCUT2D eigenvalue weighted by atomic mass is 16.6. The highest BCUT2D eigenvalue weighted by Crippen LogP contribution is 2.37. The Morgan fingerprint density at radius 2 is 1.92 bits per heavy atom. The predicted octanol–water partition coefficient (Wildman–Crippen LogP) is 4.45. The number of quaternary nitrogens is 1. The smallest absolute Gasteiger partial charge is 0.414 e. The van der Waals surface area contributed by atoms with Gasteiger partial charge in [0.25, 0.3) is 0 Å². The van der Waals surface area contributed by atoms with Crippen molar-refractivity contribution in [3.8, 4) is 0 Å². The maximum absolute atomic E-state index is 13.0. The third-order valence-corrected chi connectivity index (χ3v) is 6.33. The molecule has 3 heterocycles. The number of carbonyl (C=O) groups excluding carboxylic acids is 1. The van der Waals surface area contributed by atoms with Crippen molar-refractivity contribution >= 4 is 11.8 Å². The van der Waals surface area contributed by atoms with Crippen LogP contribution >= 0.6 is 0 Å². The van der Waals surface area contributed by atoms with E-state index in [0.29, 0.717) is 12.0 Å². The Balaban J connectivity index is 1.71. The van der Waals surface area contributed by atoms with Crippen LogP contribution in [0.5, 0.6) is 0 Å². The summed E-state index contributed by atoms with van der Waals surface area (Å²) >= 11 is 0. The van der Waals surface area contributed by atoms with Crippen LogP contribution in [0.25, 0.3) is 0 Å². The topological polar surface area (TPSA) is 29.5 Å². The second-order valence-electron chi connectivity index (χ2n) is 8.04. The van der Waals surface area contributed by atoms with Crippen LogP contribution in [0, 0.1) is 5.92 Å². The zero-order valence-electron chi connectivity index (χ0n) is 16.0. The molecule has 3 aliphatic heterocycles. The summed E-state index contributed by atoms with van der Waals surface area (Å²) in [5.74, 6) is 0.548. The number of rotatable bonds is 6. The first-order valence-corrected chi connectivity index (χ1v) is 9.94. The summed E-state index contributed by atoms with van der Waals surface area (Å²) in [5, 5.41) is 0. The molecule has 4 nitrogen and oxygen atoms in total. The number of amides is 1. The third kappa shape index (κ3) is 3.84. The van der Waals surface area contributed by atoms with Gasteiger partial charge in [-0.1, -0.05) is 31.5 Å². The Morgan fingerprint density at radius 1 is 1.24 bits per heavy atom. The second kappa shape index (κ2) is 7.77. The van der Waals surface area contributed by atoms with Crippen LogP contribution in [0.15, 0.2) is 30.3 Å². The molecule has 1 aromatic carbocycles. The number of unbranched alkanes of at least 4 members (excludes halogenated alkanes) is 1. The Morgan fingerprint density at radius 3 is 2.52 bits per heavy atom. The van der Waals surface area contributed by atoms with Gasteiger partial charge in [-0.25, -0.2) is 4.79 Å². The lowest BCUT2D eigenvalue weighted by Crippen LogP contribution is -2.67. The normalized spacial score (nSPS) is 28.2. The maximum Gasteiger partial charge on any atom is 0.414 e. The molecule has 3 aliphatic rings. The average Bonchev–Trinajstić information content (AvgIpc) is 2.64. The van der Waals surface area contributed by atoms with E-state index in [1.165, 1.54) is 25.9 Å². The van der Waals surface area contributed by atoms with Crippen molar-refractivity contribution in [2.45, 2.75) is 58.6 Å². The molecule has 0 saturated carbocycles. The van der Waals surface area contributed by atoms with E-state index < -0.39 is 0 Å². The molecule has 0 unspecified atom stereocenters. The van der Waals surface area contributed by atoms with Crippen molar-refractivity contribution in [2.75, 3.05) is 31.1 Å². The summed E-state index contributed by atoms with van der Waals surface area (Å²) in [4.78, 5) is 14.8. The minimum Gasteiger partial charge on any atom is -0.440 e. The van der Waals surface area contributed by atoms with Crippen LogP contribution in [-0.4, -0.2) is 48.9 Å². The van der Waals surface area contributed by atoms with Crippen LogP contribution in [0.1, 0.15) is 46.5 Å². The molecule has 0 spiro atoms. The van der Waals surface area contributed by atoms with E-state index in [1.54, 1.807) is 0 Å². The van der Waals surface area contributed by atoms with Crippen molar-refractivity contribution in [3.05, 3.63) is 30.3 Å². The van der Waals surface area contributed by atoms with E-state index in [2.05, 4.69) is 20.8 Å². The van der Waals surface area contributed by atoms with Gasteiger partial charge in [-0.2, -0.15) is 0 Å². The van der Waals surface area contributed by atoms with Crippen LogP contribution in [0.3, 0.4) is 0 Å². The van der Waals surface area contributed by atoms with Gasteiger partial charge < -0.3 is 9.22 Å². The molecule has 1 amide bonds. The lowest BCUT2D eigenvalue weighted by molar-refractivity contribution is -0.964. The minimum atomic E-state index is -0.166. The molecule has 3 fully saturated rings. The molecule has 2 bridgehead atoms. The van der Waals surface area contributed by atoms with Crippen molar-refractivity contribution in [3.63, 3.8) is 0 Å². The Labute approximate surface area is 152 Å². The molecule has 4 rings (SSSR count). The van der Waals surface area contributed by atoms with Gasteiger partial charge in [-0.15, -0.1) is 0 Å². The fraction of sp³-hybridized carbons (Fsp3) is 0.667. The van der Waals surface area contributed by atoms with Gasteiger partial charge in [0, 0.05) is 31.0 Å². The van der Waals surface area contributed by atoms with Crippen LogP contribution < -0.4 is 4.90 Å². The number of carbonyl (C=O) groups is 1. The van der Waals surface area contributed by atoms with Crippen molar-refractivity contribution < 1.29 is 14.0 Å². The fourth-order valence-electron chi connectivity index (χ4n) is 4.47. The number of anilines is 1. The lowest BCUT2D eigenvalue weighted by Gasteiger charge is -2.54. The predicted molar refractivity (Wildman–Crippen MR) is 102 cm³/mol. The van der Waals surface area contributed by atoms with E-state index in [1.807, 2.05) is 35.2 Å². The summed E-state index contributed by atoms with van der Waals surface area (Å²) in [6, 6.07) is 10.5. The fourth-order valence-corrected chi connectivity index (χ4v) is 4.47. The Kier molecular flexibility index (Phi) is 5.67. The molecule has 1 atom stereocenters. The van der Waals surface area contributed by atoms with Crippen molar-refractivity contribution in [1.82, 2.24) is 0 Å². The molecule has 25 heavy (non-hydrogen) atoms. The molecule has 3 saturated heterocycles. The summed E-state index contributed by atoms with van der Waals surface area (Å²) in [7, 11) is 0. The van der Waals surface area contributed by atoms with Crippen molar-refractivity contribution in [2.24, 2.45) is 5.92 Å². The second-order valence-corrected chi connectivity index (χ2v) is 8.04. The number of ether oxygens (including phenoxy) is 1. The standard InChI is InChI=1S/C21H33N2O2/c1-4-5-13-22(19-9-7-6-8-10-19)21(24)25-20-16-23(17(2)3)14-11-18(20)12-15-23/h6-10,17-18,20H,4-5,11-16H2,1-3H3/q+1/t18?,20-,23?/m0/s1. The van der Waals surface area contributed by atoms with Gasteiger partial charge in [-0.05, 0) is 32.4 Å². The van der Waals surface area contributed by atoms with E-state index in [0.717, 1.165) is 36.1 Å². The Bertz CT molecular complexity index is 565. The van der Waals surface area contributed by atoms with Gasteiger partial charge in [0.15, 0.2) is 6.10 Å². The van der Waals surface area contributed by atoms with Gasteiger partial charge in [0.2, 0.25) is 0 Å². The maximum atomic E-state index is 13.0. The van der Waals surface area contributed by atoms with E-state index >= 15 is 0 Å². The summed E-state index contributed by atoms with van der Waals surface area (Å²) in [6.45, 7) is 11.0. The Hall–Kier alpha value is -1.55. The average molecular weight is 346 g/mol. The van der Waals surface area contributed by atoms with Gasteiger partial charge in [0.1, 0.15) is 6.54 Å². The molecule has 138 valence electrons. The van der Waals surface area contributed by atoms with Crippen LogP contribution in [0.4, 0.5) is 10.5 Å². The largest absolute Gasteiger partial charge is 0.440 e. The zero-order valence-corrected chi connectivity index (χ0v) is 16.0. The lowest BCUT2D eigenvalue weighted by atomic mass is 9.82. The van der Waals surface area contributed by atoms with Crippen LogP contribution in [0.2, 0.25) is 0 Å². The van der Waals surface area contributed by atoms with E-state index in [4.69, 9.17) is 4.74 Å². The van der Waals surface area contributed by atoms with Crippen molar-refractivity contribution in [1.29, 1.82) is 0 Å². The minimum absolute atomic E-state index is 0.0743. The van der Waals surface area contributed by atoms with Gasteiger partial charge in [-0.3, -0.25) is 4.90 Å². The van der Waals surface area contributed by atoms with E-state index in [-0.39, 0.29) is 12.2 Å². The number of para-hydroxylation sites is 1. The van der Waals surface area contributed by atoms with Gasteiger partial charge >= 0.3 is 6.09 Å². The number of hydrogen-bond acceptors (Lipinski definition) is 2. The number of piperidine rings is 3. The molecular formula is C21H33N2O2+. The third-order valence-electron chi connectivity index (χ3n) is 6.33. The van der Waals surface area contributed by atoms with E-state index in [9.17, 15) is 4.79 Å². The molecule has 0 aromatic heterocycles. The van der Waals surface area contributed by atoms with Gasteiger partial charge in [0.05, 0.1) is 19.1 Å². The summed E-state index contributed by atoms with van der Waals surface area (Å²) < 4.78 is 7.21. The summed E-state index contributed by atoms with van der Waals surface area (Å²) in [6.07, 6.45) is 4.35. The SMILES string of the molecule is CCCCN(C(=O)O[C@H]1C[N+]2(C(C)C)CCC1CC2)c1ccccc1. The molecule has 0 radical (unpaired) electrons. The number of hydrogen-bond donors (Lipinski definition) is 0. The zero-order chi connectivity index (χ0) is 17.9. The molecule has 4 heteroatoms. The first kappa shape index (κ1) is 18.2. The first-order chi connectivity index (χ1) is 12.1. The number of benzene rings is 1. The molecular weight excluding hydrogens is 312 g/mol. The molecule has 0 N–H and O–H groups in total. The highest BCUT2D eigenvalue weighted by molar-refractivity contribution is 5.87. The molecule has 1 aromatic rings. The molecule has 0 aliphatic carbocycles. The monoisotopic (exact) mass is 345 g/mol. The quantitative estimate of drug-likeness (QED) is 0.713.